The van der Waals surface area contributed by atoms with Crippen LogP contribution in [-0.2, 0) is 16.4 Å². The topological polar surface area (TPSA) is 105 Å². The number of nitrogens with one attached hydrogen (secondary N) is 1. The molecule has 1 aromatic heterocycles. The number of sulfone groups is 1. The predicted octanol–water partition coefficient (Wildman–Crippen LogP) is 1.09. The molecule has 0 atom stereocenters. The lowest BCUT2D eigenvalue weighted by molar-refractivity contribution is 0.102. The van der Waals surface area contributed by atoms with Crippen LogP contribution in [-0.4, -0.2) is 43.9 Å². The van der Waals surface area contributed by atoms with E-state index < -0.39 is 9.84 Å². The number of benzene rings is 1. The standard InChI is InChI=1S/C15H18N4O3S2/c16-9-14-18-13(10-23-14)15(20)17-11-2-1-3-12(8-11)19-4-6-24(21,22)7-5-19/h1-3,8,10H,4-7,9,16H2,(H,17,20). The Morgan fingerprint density at radius 1 is 1.33 bits per heavy atom. The Bertz CT molecular complexity index is 834. The van der Waals surface area contributed by atoms with Gasteiger partial charge in [0.05, 0.1) is 11.5 Å². The lowest BCUT2D eigenvalue weighted by atomic mass is 10.2. The Kier molecular flexibility index (Phi) is 4.83. The Morgan fingerprint density at radius 3 is 2.75 bits per heavy atom. The smallest absolute Gasteiger partial charge is 0.275 e. The molecule has 2 aromatic rings. The second-order valence-corrected chi connectivity index (χ2v) is 8.72. The third-order valence-corrected chi connectivity index (χ3v) is 6.25. The lowest BCUT2D eigenvalue weighted by Gasteiger charge is -2.29. The van der Waals surface area contributed by atoms with E-state index in [-0.39, 0.29) is 17.4 Å². The number of nitrogens with two attached hydrogens (primary N) is 1. The average Bonchev–Trinajstić information content (AvgIpc) is 3.04. The summed E-state index contributed by atoms with van der Waals surface area (Å²) in [7, 11) is -2.92. The molecule has 7 nitrogen and oxygen atoms in total. The quantitative estimate of drug-likeness (QED) is 0.839. The molecule has 128 valence electrons. The van der Waals surface area contributed by atoms with Gasteiger partial charge in [-0.05, 0) is 18.2 Å². The maximum absolute atomic E-state index is 12.2. The van der Waals surface area contributed by atoms with Gasteiger partial charge in [0, 0.05) is 36.4 Å². The number of aromatic nitrogens is 1. The van der Waals surface area contributed by atoms with Crippen LogP contribution in [0.25, 0.3) is 0 Å². The Labute approximate surface area is 144 Å². The average molecular weight is 366 g/mol. The van der Waals surface area contributed by atoms with Gasteiger partial charge in [-0.2, -0.15) is 0 Å². The summed E-state index contributed by atoms with van der Waals surface area (Å²) < 4.78 is 23.0. The summed E-state index contributed by atoms with van der Waals surface area (Å²) in [5, 5.41) is 5.20. The van der Waals surface area contributed by atoms with Crippen LogP contribution in [0.5, 0.6) is 0 Å². The molecular formula is C15H18N4O3S2. The highest BCUT2D eigenvalue weighted by atomic mass is 32.2. The number of rotatable bonds is 4. The molecule has 1 aliphatic heterocycles. The van der Waals surface area contributed by atoms with Crippen molar-refractivity contribution in [2.24, 2.45) is 5.73 Å². The molecule has 1 aliphatic rings. The number of anilines is 2. The minimum atomic E-state index is -2.92. The summed E-state index contributed by atoms with van der Waals surface area (Å²) in [5.74, 6) is 0.0264. The highest BCUT2D eigenvalue weighted by Crippen LogP contribution is 2.22. The van der Waals surface area contributed by atoms with E-state index in [1.54, 1.807) is 11.4 Å². The van der Waals surface area contributed by atoms with Crippen molar-refractivity contribution in [3.63, 3.8) is 0 Å². The van der Waals surface area contributed by atoms with Gasteiger partial charge in [0.15, 0.2) is 9.84 Å². The first kappa shape index (κ1) is 16.9. The maximum Gasteiger partial charge on any atom is 0.275 e. The van der Waals surface area contributed by atoms with Gasteiger partial charge in [0.25, 0.3) is 5.91 Å². The molecule has 0 bridgehead atoms. The number of carbonyl (C=O) groups is 1. The molecule has 0 spiro atoms. The largest absolute Gasteiger partial charge is 0.369 e. The summed E-state index contributed by atoms with van der Waals surface area (Å²) in [4.78, 5) is 18.4. The molecule has 2 heterocycles. The van der Waals surface area contributed by atoms with E-state index in [9.17, 15) is 13.2 Å². The van der Waals surface area contributed by atoms with E-state index in [4.69, 9.17) is 5.73 Å². The van der Waals surface area contributed by atoms with Crippen molar-refractivity contribution in [3.8, 4) is 0 Å². The van der Waals surface area contributed by atoms with Gasteiger partial charge in [-0.15, -0.1) is 11.3 Å². The zero-order valence-corrected chi connectivity index (χ0v) is 14.6. The van der Waals surface area contributed by atoms with Crippen molar-refractivity contribution in [2.45, 2.75) is 6.54 Å². The van der Waals surface area contributed by atoms with E-state index in [0.717, 1.165) is 5.69 Å². The van der Waals surface area contributed by atoms with Crippen LogP contribution in [0.2, 0.25) is 0 Å². The fraction of sp³-hybridized carbons (Fsp3) is 0.333. The van der Waals surface area contributed by atoms with Crippen LogP contribution in [0.4, 0.5) is 11.4 Å². The van der Waals surface area contributed by atoms with Gasteiger partial charge in [-0.25, -0.2) is 13.4 Å². The molecule has 3 N–H and O–H groups in total. The van der Waals surface area contributed by atoms with Gasteiger partial charge < -0.3 is 16.0 Å². The van der Waals surface area contributed by atoms with Crippen molar-refractivity contribution in [2.75, 3.05) is 34.8 Å². The SMILES string of the molecule is NCc1nc(C(=O)Nc2cccc(N3CCS(=O)(=O)CC3)c2)cs1. The van der Waals surface area contributed by atoms with Gasteiger partial charge in [-0.3, -0.25) is 4.79 Å². The van der Waals surface area contributed by atoms with Crippen molar-refractivity contribution >= 4 is 38.5 Å². The molecule has 24 heavy (non-hydrogen) atoms. The van der Waals surface area contributed by atoms with E-state index >= 15 is 0 Å². The van der Waals surface area contributed by atoms with E-state index in [2.05, 4.69) is 10.3 Å². The zero-order chi connectivity index (χ0) is 17.2. The van der Waals surface area contributed by atoms with Crippen LogP contribution in [0, 0.1) is 0 Å². The molecule has 0 saturated carbocycles. The van der Waals surface area contributed by atoms with Gasteiger partial charge in [0.2, 0.25) is 0 Å². The summed E-state index contributed by atoms with van der Waals surface area (Å²) in [5.41, 5.74) is 7.39. The first-order valence-electron chi connectivity index (χ1n) is 7.48. The normalized spacial score (nSPS) is 16.8. The summed E-state index contributed by atoms with van der Waals surface area (Å²) in [6.45, 7) is 1.24. The van der Waals surface area contributed by atoms with Crippen molar-refractivity contribution in [3.05, 3.63) is 40.3 Å². The third-order valence-electron chi connectivity index (χ3n) is 3.77. The summed E-state index contributed by atoms with van der Waals surface area (Å²) in [6.07, 6.45) is 0. The highest BCUT2D eigenvalue weighted by Gasteiger charge is 2.22. The third kappa shape index (κ3) is 3.92. The second kappa shape index (κ2) is 6.88. The fourth-order valence-corrected chi connectivity index (χ4v) is 4.31. The van der Waals surface area contributed by atoms with Gasteiger partial charge in [-0.1, -0.05) is 6.07 Å². The molecule has 0 unspecified atom stereocenters. The molecular weight excluding hydrogens is 348 g/mol. The van der Waals surface area contributed by atoms with Crippen LogP contribution in [0.15, 0.2) is 29.6 Å². The number of hydrogen-bond donors (Lipinski definition) is 2. The Balaban J connectivity index is 1.70. The zero-order valence-electron chi connectivity index (χ0n) is 12.9. The summed E-state index contributed by atoms with van der Waals surface area (Å²) >= 11 is 1.35. The summed E-state index contributed by atoms with van der Waals surface area (Å²) in [6, 6.07) is 7.37. The maximum atomic E-state index is 12.2. The van der Waals surface area contributed by atoms with E-state index in [1.165, 1.54) is 11.3 Å². The van der Waals surface area contributed by atoms with Crippen LogP contribution < -0.4 is 16.0 Å². The second-order valence-electron chi connectivity index (χ2n) is 5.47. The number of carbonyl (C=O) groups excluding carboxylic acids is 1. The van der Waals surface area contributed by atoms with E-state index in [1.807, 2.05) is 23.1 Å². The Morgan fingerprint density at radius 2 is 2.08 bits per heavy atom. The number of hydrogen-bond acceptors (Lipinski definition) is 7. The monoisotopic (exact) mass is 366 g/mol. The first-order chi connectivity index (χ1) is 11.5. The molecule has 1 saturated heterocycles. The first-order valence-corrected chi connectivity index (χ1v) is 10.2. The minimum absolute atomic E-state index is 0.157. The number of amides is 1. The molecule has 0 radical (unpaired) electrons. The molecule has 0 aliphatic carbocycles. The van der Waals surface area contributed by atoms with Crippen molar-refractivity contribution in [1.29, 1.82) is 0 Å². The van der Waals surface area contributed by atoms with Crippen LogP contribution >= 0.6 is 11.3 Å². The number of nitrogens with zero attached hydrogens (tertiary/aromatic N) is 2. The fourth-order valence-electron chi connectivity index (χ4n) is 2.46. The lowest BCUT2D eigenvalue weighted by Crippen LogP contribution is -2.40. The molecule has 1 aromatic carbocycles. The van der Waals surface area contributed by atoms with Crippen molar-refractivity contribution < 1.29 is 13.2 Å². The predicted molar refractivity (Wildman–Crippen MR) is 95.3 cm³/mol. The van der Waals surface area contributed by atoms with Crippen molar-refractivity contribution in [1.82, 2.24) is 4.98 Å². The minimum Gasteiger partial charge on any atom is -0.369 e. The van der Waals surface area contributed by atoms with Gasteiger partial charge >= 0.3 is 0 Å². The molecule has 1 fully saturated rings. The molecule has 3 rings (SSSR count). The van der Waals surface area contributed by atoms with E-state index in [0.29, 0.717) is 36.0 Å². The Hall–Kier alpha value is -1.97. The van der Waals surface area contributed by atoms with Gasteiger partial charge in [0.1, 0.15) is 10.7 Å². The molecule has 9 heteroatoms. The van der Waals surface area contributed by atoms with Crippen LogP contribution in [0.3, 0.4) is 0 Å². The molecule has 1 amide bonds. The number of thiazole rings is 1. The van der Waals surface area contributed by atoms with Crippen LogP contribution in [0.1, 0.15) is 15.5 Å². The highest BCUT2D eigenvalue weighted by molar-refractivity contribution is 7.91.